The van der Waals surface area contributed by atoms with Crippen LogP contribution in [0.5, 0.6) is 0 Å². The first-order valence-electron chi connectivity index (χ1n) is 7.22. The summed E-state index contributed by atoms with van der Waals surface area (Å²) in [5.41, 5.74) is 0.873. The van der Waals surface area contributed by atoms with Gasteiger partial charge in [0.2, 0.25) is 5.91 Å². The molecule has 0 saturated heterocycles. The zero-order chi connectivity index (χ0) is 13.3. The molecule has 2 fully saturated rings. The number of aliphatic hydroxyl groups is 1. The fourth-order valence-electron chi connectivity index (χ4n) is 3.17. The van der Waals surface area contributed by atoms with Gasteiger partial charge in [0.15, 0.2) is 0 Å². The third-order valence-electron chi connectivity index (χ3n) is 4.58. The maximum Gasteiger partial charge on any atom is 0.230 e. The minimum atomic E-state index is -0.265. The van der Waals surface area contributed by atoms with E-state index >= 15 is 0 Å². The summed E-state index contributed by atoms with van der Waals surface area (Å²) < 4.78 is 0. The minimum Gasteiger partial charge on any atom is -0.393 e. The number of nitrogens with one attached hydrogen (secondary N) is 1. The predicted octanol–water partition coefficient (Wildman–Crippen LogP) is 2.00. The van der Waals surface area contributed by atoms with Crippen molar-refractivity contribution in [3.8, 4) is 0 Å². The molecule has 102 valence electrons. The van der Waals surface area contributed by atoms with E-state index in [4.69, 9.17) is 0 Å². The topological polar surface area (TPSA) is 49.3 Å². The lowest BCUT2D eigenvalue weighted by Crippen LogP contribution is -2.37. The van der Waals surface area contributed by atoms with Gasteiger partial charge in [-0.15, -0.1) is 0 Å². The van der Waals surface area contributed by atoms with Crippen LogP contribution in [-0.2, 0) is 10.2 Å². The van der Waals surface area contributed by atoms with Crippen LogP contribution in [0.4, 0.5) is 0 Å². The van der Waals surface area contributed by atoms with E-state index < -0.39 is 0 Å². The van der Waals surface area contributed by atoms with Crippen molar-refractivity contribution in [2.24, 2.45) is 5.92 Å². The maximum atomic E-state index is 12.4. The molecule has 0 bridgehead atoms. The number of carbonyl (C=O) groups excluding carboxylic acids is 1. The van der Waals surface area contributed by atoms with Crippen LogP contribution in [-0.4, -0.2) is 23.7 Å². The van der Waals surface area contributed by atoms with Crippen LogP contribution in [0.15, 0.2) is 30.3 Å². The lowest BCUT2D eigenvalue weighted by molar-refractivity contribution is -0.123. The standard InChI is InChI=1S/C16H21NO2/c18-14-7-6-12(10-14)11-17-15(19)16(8-9-16)13-4-2-1-3-5-13/h1-5,12,14,18H,6-11H2,(H,17,19). The molecule has 3 rings (SSSR count). The van der Waals surface area contributed by atoms with Crippen molar-refractivity contribution in [1.82, 2.24) is 5.32 Å². The fourth-order valence-corrected chi connectivity index (χ4v) is 3.17. The van der Waals surface area contributed by atoms with E-state index in [0.29, 0.717) is 12.5 Å². The number of amides is 1. The van der Waals surface area contributed by atoms with E-state index in [0.717, 1.165) is 37.7 Å². The van der Waals surface area contributed by atoms with Crippen LogP contribution in [0.1, 0.15) is 37.7 Å². The lowest BCUT2D eigenvalue weighted by atomic mass is 9.95. The quantitative estimate of drug-likeness (QED) is 0.869. The van der Waals surface area contributed by atoms with E-state index in [-0.39, 0.29) is 17.4 Å². The average molecular weight is 259 g/mol. The Morgan fingerprint density at radius 2 is 2.00 bits per heavy atom. The van der Waals surface area contributed by atoms with Gasteiger partial charge in [-0.05, 0) is 43.6 Å². The highest BCUT2D eigenvalue weighted by Gasteiger charge is 2.51. The number of aliphatic hydroxyl groups excluding tert-OH is 1. The van der Waals surface area contributed by atoms with Crippen molar-refractivity contribution in [3.63, 3.8) is 0 Å². The predicted molar refractivity (Wildman–Crippen MR) is 73.7 cm³/mol. The Balaban J connectivity index is 1.59. The third kappa shape index (κ3) is 2.52. The molecule has 1 amide bonds. The summed E-state index contributed by atoms with van der Waals surface area (Å²) in [7, 11) is 0. The first-order chi connectivity index (χ1) is 9.21. The molecule has 19 heavy (non-hydrogen) atoms. The molecule has 2 unspecified atom stereocenters. The molecule has 0 spiro atoms. The molecule has 0 radical (unpaired) electrons. The van der Waals surface area contributed by atoms with Crippen molar-refractivity contribution < 1.29 is 9.90 Å². The molecule has 1 aromatic carbocycles. The van der Waals surface area contributed by atoms with Crippen LogP contribution in [0.3, 0.4) is 0 Å². The van der Waals surface area contributed by atoms with Gasteiger partial charge >= 0.3 is 0 Å². The van der Waals surface area contributed by atoms with Crippen molar-refractivity contribution >= 4 is 5.91 Å². The molecule has 2 aliphatic rings. The second-order valence-corrected chi connectivity index (χ2v) is 5.99. The van der Waals surface area contributed by atoms with E-state index in [1.165, 1.54) is 0 Å². The van der Waals surface area contributed by atoms with E-state index in [1.54, 1.807) is 0 Å². The molecule has 1 aromatic rings. The SMILES string of the molecule is O=C(NCC1CCC(O)C1)C1(c2ccccc2)CC1. The molecule has 2 saturated carbocycles. The van der Waals surface area contributed by atoms with E-state index in [2.05, 4.69) is 5.32 Å². The summed E-state index contributed by atoms with van der Waals surface area (Å²) in [6.07, 6.45) is 4.49. The number of carbonyl (C=O) groups is 1. The highest BCUT2D eigenvalue weighted by molar-refractivity contribution is 5.91. The smallest absolute Gasteiger partial charge is 0.230 e. The summed E-state index contributed by atoms with van der Waals surface area (Å²) in [5, 5.41) is 12.6. The minimum absolute atomic E-state index is 0.161. The Bertz CT molecular complexity index is 453. The molecular weight excluding hydrogens is 238 g/mol. The molecule has 2 N–H and O–H groups in total. The van der Waals surface area contributed by atoms with Crippen LogP contribution >= 0.6 is 0 Å². The van der Waals surface area contributed by atoms with Crippen LogP contribution < -0.4 is 5.32 Å². The van der Waals surface area contributed by atoms with Gasteiger partial charge in [-0.1, -0.05) is 30.3 Å². The Morgan fingerprint density at radius 3 is 2.58 bits per heavy atom. The molecule has 2 aliphatic carbocycles. The van der Waals surface area contributed by atoms with Gasteiger partial charge in [0.05, 0.1) is 11.5 Å². The van der Waals surface area contributed by atoms with Crippen LogP contribution in [0, 0.1) is 5.92 Å². The molecule has 0 aliphatic heterocycles. The average Bonchev–Trinajstić information content (AvgIpc) is 3.15. The van der Waals surface area contributed by atoms with Gasteiger partial charge in [-0.3, -0.25) is 4.79 Å². The Labute approximate surface area is 114 Å². The largest absolute Gasteiger partial charge is 0.393 e. The van der Waals surface area contributed by atoms with Gasteiger partial charge in [0, 0.05) is 6.54 Å². The second-order valence-electron chi connectivity index (χ2n) is 5.99. The molecule has 2 atom stereocenters. The maximum absolute atomic E-state index is 12.4. The normalized spacial score (nSPS) is 28.1. The monoisotopic (exact) mass is 259 g/mol. The highest BCUT2D eigenvalue weighted by atomic mass is 16.3. The molecule has 3 nitrogen and oxygen atoms in total. The fraction of sp³-hybridized carbons (Fsp3) is 0.562. The van der Waals surface area contributed by atoms with Crippen molar-refractivity contribution in [1.29, 1.82) is 0 Å². The molecular formula is C16H21NO2. The summed E-state index contributed by atoms with van der Waals surface area (Å²) in [5.74, 6) is 0.616. The summed E-state index contributed by atoms with van der Waals surface area (Å²) >= 11 is 0. The van der Waals surface area contributed by atoms with Crippen LogP contribution in [0.2, 0.25) is 0 Å². The van der Waals surface area contributed by atoms with Gasteiger partial charge in [-0.25, -0.2) is 0 Å². The van der Waals surface area contributed by atoms with E-state index in [1.807, 2.05) is 30.3 Å². The first kappa shape index (κ1) is 12.7. The zero-order valence-corrected chi connectivity index (χ0v) is 11.1. The molecule has 0 aromatic heterocycles. The third-order valence-corrected chi connectivity index (χ3v) is 4.58. The highest BCUT2D eigenvalue weighted by Crippen LogP contribution is 2.48. The Morgan fingerprint density at radius 1 is 1.26 bits per heavy atom. The van der Waals surface area contributed by atoms with E-state index in [9.17, 15) is 9.90 Å². The van der Waals surface area contributed by atoms with Crippen molar-refractivity contribution in [2.75, 3.05) is 6.54 Å². The van der Waals surface area contributed by atoms with Gasteiger partial charge in [-0.2, -0.15) is 0 Å². The summed E-state index contributed by atoms with van der Waals surface area (Å²) in [6, 6.07) is 10.1. The van der Waals surface area contributed by atoms with Gasteiger partial charge < -0.3 is 10.4 Å². The Hall–Kier alpha value is -1.35. The zero-order valence-electron chi connectivity index (χ0n) is 11.1. The summed E-state index contributed by atoms with van der Waals surface area (Å²) in [4.78, 5) is 12.4. The van der Waals surface area contributed by atoms with Gasteiger partial charge in [0.1, 0.15) is 0 Å². The summed E-state index contributed by atoms with van der Waals surface area (Å²) in [6.45, 7) is 0.713. The van der Waals surface area contributed by atoms with Crippen molar-refractivity contribution in [2.45, 2.75) is 43.6 Å². The van der Waals surface area contributed by atoms with Crippen LogP contribution in [0.25, 0.3) is 0 Å². The second kappa shape index (κ2) is 4.97. The number of hydrogen-bond donors (Lipinski definition) is 2. The number of hydrogen-bond acceptors (Lipinski definition) is 2. The van der Waals surface area contributed by atoms with Gasteiger partial charge in [0.25, 0.3) is 0 Å². The molecule has 0 heterocycles. The van der Waals surface area contributed by atoms with Crippen molar-refractivity contribution in [3.05, 3.63) is 35.9 Å². The number of rotatable bonds is 4. The lowest BCUT2D eigenvalue weighted by Gasteiger charge is -2.17. The first-order valence-corrected chi connectivity index (χ1v) is 7.22. The molecule has 3 heteroatoms. The number of benzene rings is 1. The Kier molecular flexibility index (Phi) is 3.31.